The van der Waals surface area contributed by atoms with Crippen LogP contribution in [0.4, 0.5) is 5.69 Å². The number of pyridine rings is 1. The quantitative estimate of drug-likeness (QED) is 0.937. The van der Waals surface area contributed by atoms with Gasteiger partial charge in [-0.2, -0.15) is 0 Å². The Kier molecular flexibility index (Phi) is 3.73. The van der Waals surface area contributed by atoms with E-state index in [2.05, 4.69) is 25.5 Å². The van der Waals surface area contributed by atoms with Gasteiger partial charge in [0, 0.05) is 43.6 Å². The van der Waals surface area contributed by atoms with E-state index in [-0.39, 0.29) is 11.9 Å². The first-order chi connectivity index (χ1) is 11.1. The summed E-state index contributed by atoms with van der Waals surface area (Å²) in [6.45, 7) is 3.35. The maximum Gasteiger partial charge on any atom is 0.271 e. The molecular formula is C17H22N4OS. The lowest BCUT2D eigenvalue weighted by Gasteiger charge is -2.44. The Morgan fingerprint density at radius 3 is 2.83 bits per heavy atom. The van der Waals surface area contributed by atoms with Gasteiger partial charge in [-0.05, 0) is 37.9 Å². The van der Waals surface area contributed by atoms with Crippen molar-refractivity contribution in [3.05, 3.63) is 23.3 Å². The molecular weight excluding hydrogens is 308 g/mol. The molecule has 3 aliphatic heterocycles. The Hall–Kier alpha value is -1.66. The minimum absolute atomic E-state index is 0.0264. The molecule has 2 bridgehead atoms. The molecule has 5 nitrogen and oxygen atoms in total. The lowest BCUT2D eigenvalue weighted by atomic mass is 9.84. The minimum atomic E-state index is -0.0264. The van der Waals surface area contributed by atoms with Gasteiger partial charge >= 0.3 is 0 Å². The van der Waals surface area contributed by atoms with Crippen LogP contribution in [0.1, 0.15) is 23.3 Å². The Morgan fingerprint density at radius 2 is 2.17 bits per heavy atom. The van der Waals surface area contributed by atoms with E-state index >= 15 is 0 Å². The second-order valence-corrected chi connectivity index (χ2v) is 7.65. The lowest BCUT2D eigenvalue weighted by molar-refractivity contribution is 0.0619. The van der Waals surface area contributed by atoms with Gasteiger partial charge < -0.3 is 15.1 Å². The summed E-state index contributed by atoms with van der Waals surface area (Å²) in [6, 6.07) is 2.27. The summed E-state index contributed by atoms with van der Waals surface area (Å²) in [6.07, 6.45) is 4.15. The van der Waals surface area contributed by atoms with Crippen molar-refractivity contribution in [3.8, 4) is 0 Å². The highest BCUT2D eigenvalue weighted by Gasteiger charge is 2.35. The Balaban J connectivity index is 1.60. The number of aromatic nitrogens is 1. The monoisotopic (exact) mass is 330 g/mol. The van der Waals surface area contributed by atoms with E-state index in [1.807, 2.05) is 20.2 Å². The SMILES string of the molecule is CN(C)c1csc2c(C(=O)N[C@H]3CN4CCC3CC4)nccc12. The van der Waals surface area contributed by atoms with Gasteiger partial charge in [0.05, 0.1) is 10.4 Å². The summed E-state index contributed by atoms with van der Waals surface area (Å²) in [5.74, 6) is 0.602. The molecule has 1 atom stereocenters. The summed E-state index contributed by atoms with van der Waals surface area (Å²) >= 11 is 1.60. The van der Waals surface area contributed by atoms with Crippen LogP contribution >= 0.6 is 11.3 Å². The van der Waals surface area contributed by atoms with Gasteiger partial charge in [-0.25, -0.2) is 4.98 Å². The third-order valence-electron chi connectivity index (χ3n) is 5.14. The minimum Gasteiger partial charge on any atom is -0.376 e. The standard InChI is InChI=1S/C17H22N4OS/c1-20(2)14-10-23-16-12(14)3-6-18-15(16)17(22)19-13-9-21-7-4-11(13)5-8-21/h3,6,10-11,13H,4-5,7-9H2,1-2H3,(H,19,22)/t13-/m0/s1. The van der Waals surface area contributed by atoms with Crippen LogP contribution in [0.15, 0.2) is 17.6 Å². The number of nitrogens with one attached hydrogen (secondary N) is 1. The number of thiophene rings is 1. The largest absolute Gasteiger partial charge is 0.376 e. The maximum atomic E-state index is 12.8. The van der Waals surface area contributed by atoms with Gasteiger partial charge in [-0.3, -0.25) is 4.79 Å². The number of carbonyl (C=O) groups excluding carboxylic acids is 1. The van der Waals surface area contributed by atoms with Gasteiger partial charge in [-0.1, -0.05) is 0 Å². The van der Waals surface area contributed by atoms with Crippen LogP contribution in [-0.2, 0) is 0 Å². The molecule has 23 heavy (non-hydrogen) atoms. The maximum absolute atomic E-state index is 12.8. The van der Waals surface area contributed by atoms with E-state index in [4.69, 9.17) is 0 Å². The Morgan fingerprint density at radius 1 is 1.39 bits per heavy atom. The highest BCUT2D eigenvalue weighted by Crippen LogP contribution is 2.34. The number of fused-ring (bicyclic) bond motifs is 4. The van der Waals surface area contributed by atoms with Crippen molar-refractivity contribution in [3.63, 3.8) is 0 Å². The second kappa shape index (κ2) is 5.76. The molecule has 0 aliphatic carbocycles. The Labute approximate surface area is 140 Å². The molecule has 3 aliphatic rings. The predicted molar refractivity (Wildman–Crippen MR) is 94.4 cm³/mol. The van der Waals surface area contributed by atoms with Crippen molar-refractivity contribution >= 4 is 33.0 Å². The summed E-state index contributed by atoms with van der Waals surface area (Å²) in [5, 5.41) is 6.45. The van der Waals surface area contributed by atoms with Crippen LogP contribution in [-0.4, -0.2) is 55.6 Å². The average Bonchev–Trinajstić information content (AvgIpc) is 3.00. The fraction of sp³-hybridized carbons (Fsp3) is 0.529. The molecule has 0 unspecified atom stereocenters. The van der Waals surface area contributed by atoms with Crippen molar-refractivity contribution in [2.75, 3.05) is 38.6 Å². The zero-order chi connectivity index (χ0) is 16.0. The average molecular weight is 330 g/mol. The van der Waals surface area contributed by atoms with Gasteiger partial charge in [0.1, 0.15) is 5.69 Å². The number of rotatable bonds is 3. The van der Waals surface area contributed by atoms with Crippen molar-refractivity contribution < 1.29 is 4.79 Å². The van der Waals surface area contributed by atoms with E-state index in [9.17, 15) is 4.79 Å². The van der Waals surface area contributed by atoms with E-state index in [0.29, 0.717) is 11.6 Å². The summed E-state index contributed by atoms with van der Waals surface area (Å²) in [7, 11) is 4.05. The molecule has 0 saturated carbocycles. The highest BCUT2D eigenvalue weighted by atomic mass is 32.1. The summed E-state index contributed by atoms with van der Waals surface area (Å²) in [5.41, 5.74) is 1.71. The molecule has 122 valence electrons. The van der Waals surface area contributed by atoms with Crippen molar-refractivity contribution in [1.82, 2.24) is 15.2 Å². The zero-order valence-corrected chi connectivity index (χ0v) is 14.4. The van der Waals surface area contributed by atoms with Crippen LogP contribution in [0, 0.1) is 5.92 Å². The lowest BCUT2D eigenvalue weighted by Crippen LogP contribution is -2.57. The van der Waals surface area contributed by atoms with Crippen molar-refractivity contribution in [2.24, 2.45) is 5.92 Å². The van der Waals surface area contributed by atoms with E-state index in [1.54, 1.807) is 17.5 Å². The summed E-state index contributed by atoms with van der Waals surface area (Å²) in [4.78, 5) is 21.7. The molecule has 1 N–H and O–H groups in total. The molecule has 3 fully saturated rings. The number of piperidine rings is 3. The molecule has 5 rings (SSSR count). The van der Waals surface area contributed by atoms with E-state index < -0.39 is 0 Å². The number of hydrogen-bond donors (Lipinski definition) is 1. The predicted octanol–water partition coefficient (Wildman–Crippen LogP) is 2.19. The molecule has 2 aromatic heterocycles. The first-order valence-electron chi connectivity index (χ1n) is 8.20. The molecule has 3 saturated heterocycles. The third kappa shape index (κ3) is 2.60. The van der Waals surface area contributed by atoms with Gasteiger partial charge in [0.2, 0.25) is 0 Å². The fourth-order valence-electron chi connectivity index (χ4n) is 3.82. The number of nitrogens with zero attached hydrogens (tertiary/aromatic N) is 3. The number of carbonyl (C=O) groups is 1. The van der Waals surface area contributed by atoms with Gasteiger partial charge in [0.25, 0.3) is 5.91 Å². The molecule has 0 aromatic carbocycles. The molecule has 6 heteroatoms. The first kappa shape index (κ1) is 14.9. The molecule has 2 aromatic rings. The van der Waals surface area contributed by atoms with Crippen LogP contribution < -0.4 is 10.2 Å². The van der Waals surface area contributed by atoms with Gasteiger partial charge in [0.15, 0.2) is 0 Å². The van der Waals surface area contributed by atoms with E-state index in [0.717, 1.165) is 22.3 Å². The van der Waals surface area contributed by atoms with Crippen LogP contribution in [0.25, 0.3) is 10.1 Å². The van der Waals surface area contributed by atoms with E-state index in [1.165, 1.54) is 25.9 Å². The van der Waals surface area contributed by atoms with Crippen molar-refractivity contribution in [1.29, 1.82) is 0 Å². The van der Waals surface area contributed by atoms with Crippen LogP contribution in [0.2, 0.25) is 0 Å². The smallest absolute Gasteiger partial charge is 0.271 e. The molecule has 0 radical (unpaired) electrons. The summed E-state index contributed by atoms with van der Waals surface area (Å²) < 4.78 is 0.981. The molecule has 1 amide bonds. The van der Waals surface area contributed by atoms with Crippen LogP contribution in [0.5, 0.6) is 0 Å². The first-order valence-corrected chi connectivity index (χ1v) is 9.08. The fourth-order valence-corrected chi connectivity index (χ4v) is 4.94. The topological polar surface area (TPSA) is 48.5 Å². The third-order valence-corrected chi connectivity index (χ3v) is 6.13. The number of anilines is 1. The van der Waals surface area contributed by atoms with Crippen LogP contribution in [0.3, 0.4) is 0 Å². The zero-order valence-electron chi connectivity index (χ0n) is 13.6. The number of amides is 1. The number of hydrogen-bond acceptors (Lipinski definition) is 5. The molecule has 0 spiro atoms. The second-order valence-electron chi connectivity index (χ2n) is 6.77. The molecule has 5 heterocycles. The normalized spacial score (nSPS) is 26.4. The highest BCUT2D eigenvalue weighted by molar-refractivity contribution is 7.18. The van der Waals surface area contributed by atoms with Gasteiger partial charge in [-0.15, -0.1) is 11.3 Å². The van der Waals surface area contributed by atoms with Crippen molar-refractivity contribution in [2.45, 2.75) is 18.9 Å². The Bertz CT molecular complexity index is 733.